The Bertz CT molecular complexity index is 605. The molecule has 1 aliphatic heterocycles. The lowest BCUT2D eigenvalue weighted by Gasteiger charge is -2.21. The summed E-state index contributed by atoms with van der Waals surface area (Å²) in [4.78, 5) is 0. The predicted octanol–water partition coefficient (Wildman–Crippen LogP) is 1.03. The van der Waals surface area contributed by atoms with Crippen LogP contribution < -0.4 is 10.1 Å². The maximum Gasteiger partial charge on any atom is 0.156 e. The number of hydrogen-bond donors (Lipinski definition) is 2. The number of benzene rings is 1. The van der Waals surface area contributed by atoms with E-state index in [0.717, 1.165) is 0 Å². The first kappa shape index (κ1) is 16.2. The first-order valence-electron chi connectivity index (χ1n) is 6.90. The Hall–Kier alpha value is -1.18. The van der Waals surface area contributed by atoms with Crippen LogP contribution in [0.4, 0.5) is 4.39 Å². The van der Waals surface area contributed by atoms with Gasteiger partial charge in [-0.25, -0.2) is 12.8 Å². The van der Waals surface area contributed by atoms with Crippen LogP contribution in [0.1, 0.15) is 25.5 Å². The van der Waals surface area contributed by atoms with E-state index in [0.29, 0.717) is 17.9 Å². The molecule has 7 heteroatoms. The number of ether oxygens (including phenoxy) is 1. The van der Waals surface area contributed by atoms with Crippen molar-refractivity contribution in [3.63, 3.8) is 0 Å². The lowest BCUT2D eigenvalue weighted by Crippen LogP contribution is -2.30. The molecular formula is C14H20FNO4S. The number of hydrogen-bond acceptors (Lipinski definition) is 5. The molecule has 1 aromatic rings. The minimum atomic E-state index is -3.28. The molecule has 2 N–H and O–H groups in total. The van der Waals surface area contributed by atoms with Crippen molar-refractivity contribution in [2.45, 2.75) is 32.1 Å². The zero-order chi connectivity index (χ0) is 15.6. The zero-order valence-electron chi connectivity index (χ0n) is 12.0. The lowest BCUT2D eigenvalue weighted by atomic mass is 10.1. The maximum absolute atomic E-state index is 13.4. The summed E-state index contributed by atoms with van der Waals surface area (Å²) in [5, 5.41) is 12.9. The minimum absolute atomic E-state index is 0.143. The van der Waals surface area contributed by atoms with Gasteiger partial charge in [0.15, 0.2) is 9.84 Å². The Morgan fingerprint density at radius 1 is 1.48 bits per heavy atom. The van der Waals surface area contributed by atoms with Crippen LogP contribution in [-0.4, -0.2) is 43.8 Å². The molecule has 0 saturated carbocycles. The second-order valence-corrected chi connectivity index (χ2v) is 7.42. The summed E-state index contributed by atoms with van der Waals surface area (Å²) >= 11 is 0. The fraction of sp³-hybridized carbons (Fsp3) is 0.571. The quantitative estimate of drug-likeness (QED) is 0.848. The molecule has 3 unspecified atom stereocenters. The van der Waals surface area contributed by atoms with Gasteiger partial charge in [0.25, 0.3) is 0 Å². The fourth-order valence-electron chi connectivity index (χ4n) is 2.45. The molecule has 1 saturated heterocycles. The molecule has 21 heavy (non-hydrogen) atoms. The summed E-state index contributed by atoms with van der Waals surface area (Å²) in [6.07, 6.45) is -1.87. The molecule has 1 heterocycles. The molecule has 5 nitrogen and oxygen atoms in total. The van der Waals surface area contributed by atoms with E-state index in [1.165, 1.54) is 18.2 Å². The third kappa shape index (κ3) is 3.93. The van der Waals surface area contributed by atoms with Crippen LogP contribution in [0, 0.1) is 5.82 Å². The molecule has 2 rings (SSSR count). The third-order valence-corrected chi connectivity index (χ3v) is 5.18. The van der Waals surface area contributed by atoms with E-state index in [2.05, 4.69) is 5.32 Å². The zero-order valence-corrected chi connectivity index (χ0v) is 12.9. The summed E-state index contributed by atoms with van der Waals surface area (Å²) in [6.45, 7) is 4.51. The second-order valence-electron chi connectivity index (χ2n) is 5.26. The van der Waals surface area contributed by atoms with Gasteiger partial charge in [-0.3, -0.25) is 0 Å². The van der Waals surface area contributed by atoms with Crippen molar-refractivity contribution in [2.24, 2.45) is 0 Å². The Morgan fingerprint density at radius 2 is 2.19 bits per heavy atom. The molecule has 0 aliphatic carbocycles. The standard InChI is InChI=1S/C14H20FNO4S/c1-3-16-9(2)11-6-10(15)4-5-13(11)20-14-8-21(18,19)7-12(14)17/h4-6,9,12,14,16-17H,3,7-8H2,1-2H3. The number of sulfone groups is 1. The minimum Gasteiger partial charge on any atom is -0.486 e. The van der Waals surface area contributed by atoms with Crippen LogP contribution in [0.3, 0.4) is 0 Å². The van der Waals surface area contributed by atoms with Gasteiger partial charge >= 0.3 is 0 Å². The van der Waals surface area contributed by atoms with Crippen LogP contribution in [-0.2, 0) is 9.84 Å². The fourth-order valence-corrected chi connectivity index (χ4v) is 4.12. The van der Waals surface area contributed by atoms with Crippen molar-refractivity contribution in [3.05, 3.63) is 29.6 Å². The van der Waals surface area contributed by atoms with Gasteiger partial charge in [-0.15, -0.1) is 0 Å². The first-order valence-corrected chi connectivity index (χ1v) is 8.72. The predicted molar refractivity (Wildman–Crippen MR) is 77.6 cm³/mol. The Morgan fingerprint density at radius 3 is 2.76 bits per heavy atom. The van der Waals surface area contributed by atoms with Crippen molar-refractivity contribution in [1.29, 1.82) is 0 Å². The van der Waals surface area contributed by atoms with Gasteiger partial charge in [-0.05, 0) is 31.7 Å². The van der Waals surface area contributed by atoms with Crippen LogP contribution in [0.15, 0.2) is 18.2 Å². The summed E-state index contributed by atoms with van der Waals surface area (Å²) < 4.78 is 42.1. The molecule has 1 fully saturated rings. The van der Waals surface area contributed by atoms with Crippen LogP contribution in [0.5, 0.6) is 5.75 Å². The summed E-state index contributed by atoms with van der Waals surface area (Å²) in [6, 6.07) is 3.94. The van der Waals surface area contributed by atoms with Crippen molar-refractivity contribution >= 4 is 9.84 Å². The van der Waals surface area contributed by atoms with E-state index >= 15 is 0 Å². The van der Waals surface area contributed by atoms with E-state index in [-0.39, 0.29) is 23.4 Å². The average molecular weight is 317 g/mol. The lowest BCUT2D eigenvalue weighted by molar-refractivity contribution is 0.0727. The van der Waals surface area contributed by atoms with E-state index in [4.69, 9.17) is 4.74 Å². The van der Waals surface area contributed by atoms with E-state index in [1.54, 1.807) is 0 Å². The van der Waals surface area contributed by atoms with E-state index in [9.17, 15) is 17.9 Å². The molecule has 0 radical (unpaired) electrons. The highest BCUT2D eigenvalue weighted by Gasteiger charge is 2.38. The van der Waals surface area contributed by atoms with E-state index in [1.807, 2.05) is 13.8 Å². The molecule has 0 aromatic heterocycles. The molecule has 3 atom stereocenters. The second kappa shape index (κ2) is 6.29. The summed E-state index contributed by atoms with van der Waals surface area (Å²) in [5.41, 5.74) is 0.605. The topological polar surface area (TPSA) is 75.6 Å². The first-order chi connectivity index (χ1) is 9.82. The van der Waals surface area contributed by atoms with Gasteiger partial charge < -0.3 is 15.2 Å². The van der Waals surface area contributed by atoms with E-state index < -0.39 is 22.0 Å². The number of halogens is 1. The smallest absolute Gasteiger partial charge is 0.156 e. The van der Waals surface area contributed by atoms with Crippen LogP contribution in [0.2, 0.25) is 0 Å². The molecule has 118 valence electrons. The number of aliphatic hydroxyl groups is 1. The molecule has 0 spiro atoms. The normalized spacial score (nSPS) is 25.7. The summed E-state index contributed by atoms with van der Waals surface area (Å²) in [7, 11) is -3.28. The highest BCUT2D eigenvalue weighted by molar-refractivity contribution is 7.91. The molecule has 1 aromatic carbocycles. The summed E-state index contributed by atoms with van der Waals surface area (Å²) in [5.74, 6) is -0.509. The van der Waals surface area contributed by atoms with Crippen molar-refractivity contribution < 1.29 is 22.7 Å². The largest absolute Gasteiger partial charge is 0.486 e. The number of nitrogens with one attached hydrogen (secondary N) is 1. The number of rotatable bonds is 5. The third-order valence-electron chi connectivity index (χ3n) is 3.50. The maximum atomic E-state index is 13.4. The average Bonchev–Trinajstić information content (AvgIpc) is 2.64. The van der Waals surface area contributed by atoms with Crippen molar-refractivity contribution in [2.75, 3.05) is 18.1 Å². The van der Waals surface area contributed by atoms with Crippen molar-refractivity contribution in [3.8, 4) is 5.75 Å². The van der Waals surface area contributed by atoms with Gasteiger partial charge in [-0.2, -0.15) is 0 Å². The molecule has 1 aliphatic rings. The van der Waals surface area contributed by atoms with Gasteiger partial charge in [0.1, 0.15) is 23.8 Å². The molecule has 0 amide bonds. The van der Waals surface area contributed by atoms with Gasteiger partial charge in [-0.1, -0.05) is 6.92 Å². The van der Waals surface area contributed by atoms with Gasteiger partial charge in [0.05, 0.1) is 11.5 Å². The molecule has 0 bridgehead atoms. The highest BCUT2D eigenvalue weighted by Crippen LogP contribution is 2.29. The van der Waals surface area contributed by atoms with Crippen LogP contribution >= 0.6 is 0 Å². The Labute approximate surface area is 124 Å². The number of aliphatic hydroxyl groups excluding tert-OH is 1. The SMILES string of the molecule is CCNC(C)c1cc(F)ccc1OC1CS(=O)(=O)CC1O. The monoisotopic (exact) mass is 317 g/mol. The Kier molecular flexibility index (Phi) is 4.85. The highest BCUT2D eigenvalue weighted by atomic mass is 32.2. The van der Waals surface area contributed by atoms with Crippen molar-refractivity contribution in [1.82, 2.24) is 5.32 Å². The van der Waals surface area contributed by atoms with Crippen LogP contribution in [0.25, 0.3) is 0 Å². The Balaban J connectivity index is 2.24. The van der Waals surface area contributed by atoms with Gasteiger partial charge in [0, 0.05) is 11.6 Å². The van der Waals surface area contributed by atoms with Gasteiger partial charge in [0.2, 0.25) is 0 Å². The molecular weight excluding hydrogens is 297 g/mol.